The van der Waals surface area contributed by atoms with E-state index >= 15 is 0 Å². The topological polar surface area (TPSA) is 0 Å². The standard InChI is InChI=1S/C44H40P2/c1-36-32-34-37(35-33-36)44(45(38-20-8-2-9-21-38,39-22-10-3-11-23-39)40-24-12-4-13-25-40)46(41-26-14-5-15-27-41,42-28-16-6-17-29-42)43-30-18-7-19-31-43/h2-35,44-46H,1H3. The van der Waals surface area contributed by atoms with Crippen LogP contribution in [0.15, 0.2) is 206 Å². The second kappa shape index (κ2) is 13.4. The Hall–Kier alpha value is -4.60. The van der Waals surface area contributed by atoms with E-state index in [2.05, 4.69) is 213 Å². The molecule has 0 aliphatic carbocycles. The summed E-state index contributed by atoms with van der Waals surface area (Å²) in [7, 11) is -5.87. The Kier molecular flexibility index (Phi) is 8.76. The molecule has 0 heterocycles. The van der Waals surface area contributed by atoms with Crippen LogP contribution in [0.25, 0.3) is 0 Å². The van der Waals surface area contributed by atoms with Crippen LogP contribution in [0.1, 0.15) is 16.5 Å². The first-order valence-corrected chi connectivity index (χ1v) is 20.3. The predicted octanol–water partition coefficient (Wildman–Crippen LogP) is 8.45. The Morgan fingerprint density at radius 3 is 0.717 bits per heavy atom. The van der Waals surface area contributed by atoms with Gasteiger partial charge in [-0.1, -0.05) is 0 Å². The zero-order valence-corrected chi connectivity index (χ0v) is 28.2. The first kappa shape index (κ1) is 30.1. The van der Waals surface area contributed by atoms with Crippen LogP contribution in [0.3, 0.4) is 0 Å². The third kappa shape index (κ3) is 5.23. The summed E-state index contributed by atoms with van der Waals surface area (Å²) < 4.78 is 0. The zero-order valence-electron chi connectivity index (χ0n) is 26.2. The molecule has 226 valence electrons. The molecular weight excluding hydrogens is 590 g/mol. The maximum atomic E-state index is 2.44. The van der Waals surface area contributed by atoms with Crippen LogP contribution in [0, 0.1) is 6.92 Å². The van der Waals surface area contributed by atoms with E-state index in [1.54, 1.807) is 0 Å². The molecule has 0 spiro atoms. The predicted molar refractivity (Wildman–Crippen MR) is 207 cm³/mol. The van der Waals surface area contributed by atoms with E-state index in [1.165, 1.54) is 43.0 Å². The molecule has 0 nitrogen and oxygen atoms in total. The maximum absolute atomic E-state index is 2.93. The van der Waals surface area contributed by atoms with Crippen LogP contribution in [-0.4, -0.2) is 0 Å². The molecule has 2 heteroatoms. The summed E-state index contributed by atoms with van der Waals surface area (Å²) in [5.41, 5.74) is 2.68. The summed E-state index contributed by atoms with van der Waals surface area (Å²) in [5, 5.41) is 8.72. The molecule has 0 amide bonds. The molecule has 0 atom stereocenters. The van der Waals surface area contributed by atoms with Crippen molar-refractivity contribution in [1.29, 1.82) is 0 Å². The van der Waals surface area contributed by atoms with E-state index in [0.717, 1.165) is 0 Å². The minimum absolute atomic E-state index is 0.153. The molecule has 0 radical (unpaired) electrons. The molecule has 0 bridgehead atoms. The fourth-order valence-corrected chi connectivity index (χ4v) is 23.1. The monoisotopic (exact) mass is 630 g/mol. The normalized spacial score (nSPS) is 13.1. The molecule has 0 aromatic heterocycles. The third-order valence-electron chi connectivity index (χ3n) is 9.65. The van der Waals surface area contributed by atoms with E-state index in [1.807, 2.05) is 0 Å². The van der Waals surface area contributed by atoms with Gasteiger partial charge in [0.05, 0.1) is 0 Å². The van der Waals surface area contributed by atoms with Crippen molar-refractivity contribution in [2.75, 3.05) is 0 Å². The molecule has 0 fully saturated rings. The molecule has 7 rings (SSSR count). The van der Waals surface area contributed by atoms with Crippen molar-refractivity contribution in [3.05, 3.63) is 217 Å². The van der Waals surface area contributed by atoms with E-state index in [4.69, 9.17) is 0 Å². The van der Waals surface area contributed by atoms with Gasteiger partial charge in [-0.15, -0.1) is 0 Å². The van der Waals surface area contributed by atoms with Crippen LogP contribution in [-0.2, 0) is 0 Å². The van der Waals surface area contributed by atoms with Crippen molar-refractivity contribution in [2.45, 2.75) is 12.3 Å². The molecule has 0 saturated carbocycles. The Labute approximate surface area is 275 Å². The van der Waals surface area contributed by atoms with Gasteiger partial charge in [-0.25, -0.2) is 0 Å². The molecule has 46 heavy (non-hydrogen) atoms. The fourth-order valence-electron chi connectivity index (χ4n) is 7.79. The van der Waals surface area contributed by atoms with Crippen molar-refractivity contribution in [3.8, 4) is 0 Å². The van der Waals surface area contributed by atoms with Gasteiger partial charge in [0.15, 0.2) is 0 Å². The van der Waals surface area contributed by atoms with Gasteiger partial charge < -0.3 is 0 Å². The minimum atomic E-state index is -2.93. The summed E-state index contributed by atoms with van der Waals surface area (Å²) >= 11 is 0. The first-order valence-electron chi connectivity index (χ1n) is 16.2. The van der Waals surface area contributed by atoms with E-state index in [-0.39, 0.29) is 5.40 Å². The van der Waals surface area contributed by atoms with E-state index in [9.17, 15) is 0 Å². The van der Waals surface area contributed by atoms with Crippen molar-refractivity contribution in [3.63, 3.8) is 0 Å². The van der Waals surface area contributed by atoms with Gasteiger partial charge in [-0.05, 0) is 0 Å². The molecule has 0 N–H and O–H groups in total. The van der Waals surface area contributed by atoms with E-state index < -0.39 is 14.5 Å². The van der Waals surface area contributed by atoms with Crippen LogP contribution >= 0.6 is 14.5 Å². The van der Waals surface area contributed by atoms with Crippen molar-refractivity contribution >= 4 is 46.4 Å². The van der Waals surface area contributed by atoms with Crippen LogP contribution in [0.4, 0.5) is 0 Å². The number of rotatable bonds is 9. The molecule has 7 aromatic carbocycles. The molecule has 0 saturated heterocycles. The van der Waals surface area contributed by atoms with Crippen LogP contribution in [0.2, 0.25) is 0 Å². The quantitative estimate of drug-likeness (QED) is 0.141. The SMILES string of the molecule is Cc1ccc(C([PH](c2ccccc2)(c2ccccc2)c2ccccc2)[PH](c2ccccc2)(c2ccccc2)c2ccccc2)cc1. The van der Waals surface area contributed by atoms with Crippen molar-refractivity contribution < 1.29 is 0 Å². The average molecular weight is 631 g/mol. The molecule has 7 aromatic rings. The summed E-state index contributed by atoms with van der Waals surface area (Å²) in [6.07, 6.45) is 0. The van der Waals surface area contributed by atoms with E-state index in [0.29, 0.717) is 0 Å². The van der Waals surface area contributed by atoms with Crippen molar-refractivity contribution in [1.82, 2.24) is 0 Å². The Morgan fingerprint density at radius 2 is 0.500 bits per heavy atom. The number of hydrogen-bond acceptors (Lipinski definition) is 0. The summed E-state index contributed by atoms with van der Waals surface area (Å²) in [4.78, 5) is 0. The Morgan fingerprint density at radius 1 is 0.283 bits per heavy atom. The van der Waals surface area contributed by atoms with Crippen LogP contribution < -0.4 is 31.8 Å². The second-order valence-corrected chi connectivity index (χ2v) is 20.6. The molecule has 0 aliphatic rings. The zero-order chi connectivity index (χ0) is 31.2. The molecule has 0 unspecified atom stereocenters. The van der Waals surface area contributed by atoms with Gasteiger partial charge >= 0.3 is 276 Å². The number of benzene rings is 7. The summed E-state index contributed by atoms with van der Waals surface area (Å²) in [6.45, 7) is 2.20. The fraction of sp³-hybridized carbons (Fsp3) is 0.0455. The number of aryl methyl sites for hydroxylation is 1. The molecular formula is C44H40P2. The van der Waals surface area contributed by atoms with Crippen molar-refractivity contribution in [2.24, 2.45) is 0 Å². The second-order valence-electron chi connectivity index (χ2n) is 12.2. The summed E-state index contributed by atoms with van der Waals surface area (Å²) in [5.74, 6) is 0. The first-order chi connectivity index (χ1) is 22.8. The molecule has 0 aliphatic heterocycles. The number of hydrogen-bond donors (Lipinski definition) is 0. The van der Waals surface area contributed by atoms with Gasteiger partial charge in [-0.2, -0.15) is 0 Å². The average Bonchev–Trinajstić information content (AvgIpc) is 3.15. The van der Waals surface area contributed by atoms with Gasteiger partial charge in [-0.3, -0.25) is 0 Å². The Balaban J connectivity index is 1.77. The van der Waals surface area contributed by atoms with Gasteiger partial charge in [0, 0.05) is 0 Å². The third-order valence-corrected chi connectivity index (χ3v) is 22.1. The summed E-state index contributed by atoms with van der Waals surface area (Å²) in [6, 6.07) is 78.3. The Bertz CT molecular complexity index is 1640. The van der Waals surface area contributed by atoms with Gasteiger partial charge in [0.2, 0.25) is 0 Å². The van der Waals surface area contributed by atoms with Crippen LogP contribution in [0.5, 0.6) is 0 Å². The van der Waals surface area contributed by atoms with Gasteiger partial charge in [0.1, 0.15) is 0 Å². The van der Waals surface area contributed by atoms with Gasteiger partial charge in [0.25, 0.3) is 0 Å².